The first kappa shape index (κ1) is 21.1. The van der Waals surface area contributed by atoms with Crippen LogP contribution >= 0.6 is 0 Å². The molecule has 0 fully saturated rings. The third kappa shape index (κ3) is 7.68. The maximum atomic E-state index is 12.0. The Balaban J connectivity index is 2.57. The maximum Gasteiger partial charge on any atom is 0.335 e. The minimum atomic E-state index is -1.78. The van der Waals surface area contributed by atoms with E-state index in [1.54, 1.807) is 6.08 Å². The molecule has 0 aromatic carbocycles. The molecule has 0 aromatic rings. The number of ketones is 1. The SMILES string of the molecule is CCCCCC/C=C/C1=C(CC=C=CCC(C)(O)C(=O)O)C(=O)CC1. The Morgan fingerprint density at radius 1 is 1.24 bits per heavy atom. The normalized spacial score (nSPS) is 16.8. The molecule has 0 saturated carbocycles. The van der Waals surface area contributed by atoms with E-state index in [1.165, 1.54) is 38.7 Å². The standard InChI is InChI=1S/C21H30O4/c1-3-4-5-6-7-9-12-17-14-15-19(22)18(17)13-10-8-11-16-21(2,25)20(23)24/h9-12,25H,3-7,13-16H2,1-2H3,(H,23,24)/b12-9+. The lowest BCUT2D eigenvalue weighted by Gasteiger charge is -2.13. The Morgan fingerprint density at radius 2 is 2.00 bits per heavy atom. The molecule has 25 heavy (non-hydrogen) atoms. The Labute approximate surface area is 150 Å². The van der Waals surface area contributed by atoms with E-state index in [4.69, 9.17) is 5.11 Å². The highest BCUT2D eigenvalue weighted by Gasteiger charge is 2.27. The number of carboxylic acid groups (broad SMARTS) is 1. The van der Waals surface area contributed by atoms with Gasteiger partial charge in [-0.3, -0.25) is 4.79 Å². The molecule has 0 saturated heterocycles. The van der Waals surface area contributed by atoms with Gasteiger partial charge in [-0.15, -0.1) is 5.73 Å². The van der Waals surface area contributed by atoms with E-state index in [0.717, 1.165) is 24.0 Å². The molecule has 0 heterocycles. The van der Waals surface area contributed by atoms with E-state index in [9.17, 15) is 14.7 Å². The molecule has 2 N–H and O–H groups in total. The zero-order valence-electron chi connectivity index (χ0n) is 15.4. The molecule has 1 atom stereocenters. The molecule has 0 aromatic heterocycles. The molecule has 1 aliphatic carbocycles. The second-order valence-corrected chi connectivity index (χ2v) is 6.74. The van der Waals surface area contributed by atoms with Gasteiger partial charge in [0.25, 0.3) is 0 Å². The van der Waals surface area contributed by atoms with Crippen LogP contribution in [0.15, 0.2) is 41.2 Å². The summed E-state index contributed by atoms with van der Waals surface area (Å²) in [5.41, 5.74) is 3.03. The number of hydrogen-bond acceptors (Lipinski definition) is 3. The fourth-order valence-electron chi connectivity index (χ4n) is 2.66. The number of unbranched alkanes of at least 4 members (excludes halogenated alkanes) is 4. The Hall–Kier alpha value is -1.90. The molecule has 0 bridgehead atoms. The number of aliphatic carboxylic acids is 1. The third-order valence-corrected chi connectivity index (χ3v) is 4.39. The summed E-state index contributed by atoms with van der Waals surface area (Å²) in [5.74, 6) is -1.08. The van der Waals surface area contributed by atoms with E-state index < -0.39 is 11.6 Å². The summed E-state index contributed by atoms with van der Waals surface area (Å²) in [4.78, 5) is 22.8. The molecule has 0 aliphatic heterocycles. The summed E-state index contributed by atoms with van der Waals surface area (Å²) >= 11 is 0. The number of Topliss-reactive ketones (excluding diaryl/α,β-unsaturated/α-hetero) is 1. The molecule has 0 radical (unpaired) electrons. The lowest BCUT2D eigenvalue weighted by molar-refractivity contribution is -0.156. The van der Waals surface area contributed by atoms with Crippen LogP contribution in [0.25, 0.3) is 0 Å². The predicted molar refractivity (Wildman–Crippen MR) is 99.3 cm³/mol. The fourth-order valence-corrected chi connectivity index (χ4v) is 2.66. The van der Waals surface area contributed by atoms with Crippen molar-refractivity contribution < 1.29 is 19.8 Å². The van der Waals surface area contributed by atoms with Crippen molar-refractivity contribution in [1.82, 2.24) is 0 Å². The predicted octanol–water partition coefficient (Wildman–Crippen LogP) is 4.50. The van der Waals surface area contributed by atoms with Gasteiger partial charge in [0.2, 0.25) is 0 Å². The first-order valence-corrected chi connectivity index (χ1v) is 9.15. The van der Waals surface area contributed by atoms with Gasteiger partial charge in [0, 0.05) is 24.8 Å². The van der Waals surface area contributed by atoms with E-state index in [1.807, 2.05) is 0 Å². The molecule has 0 amide bonds. The van der Waals surface area contributed by atoms with E-state index in [2.05, 4.69) is 24.8 Å². The molecule has 0 spiro atoms. The van der Waals surface area contributed by atoms with E-state index >= 15 is 0 Å². The lowest BCUT2D eigenvalue weighted by Crippen LogP contribution is -2.33. The van der Waals surface area contributed by atoms with Crippen LogP contribution in [0, 0.1) is 0 Å². The van der Waals surface area contributed by atoms with Crippen LogP contribution in [0.1, 0.15) is 71.6 Å². The summed E-state index contributed by atoms with van der Waals surface area (Å²) in [6.07, 6.45) is 15.3. The van der Waals surface area contributed by atoms with Gasteiger partial charge in [0.1, 0.15) is 0 Å². The third-order valence-electron chi connectivity index (χ3n) is 4.39. The highest BCUT2D eigenvalue weighted by Crippen LogP contribution is 2.27. The lowest BCUT2D eigenvalue weighted by atomic mass is 10.0. The van der Waals surface area contributed by atoms with Crippen molar-refractivity contribution in [2.24, 2.45) is 0 Å². The number of carbonyl (C=O) groups is 2. The van der Waals surface area contributed by atoms with Gasteiger partial charge in [-0.25, -0.2) is 4.79 Å². The number of allylic oxidation sites excluding steroid dienone is 4. The molecule has 4 heteroatoms. The summed E-state index contributed by atoms with van der Waals surface area (Å²) in [6.45, 7) is 3.45. The average Bonchev–Trinajstić information content (AvgIpc) is 2.90. The number of carbonyl (C=O) groups excluding carboxylic acids is 1. The monoisotopic (exact) mass is 346 g/mol. The first-order chi connectivity index (χ1) is 11.9. The molecular formula is C21H30O4. The van der Waals surface area contributed by atoms with E-state index in [0.29, 0.717) is 12.8 Å². The van der Waals surface area contributed by atoms with Crippen molar-refractivity contribution in [3.05, 3.63) is 41.2 Å². The van der Waals surface area contributed by atoms with Crippen LogP contribution < -0.4 is 0 Å². The van der Waals surface area contributed by atoms with Crippen molar-refractivity contribution >= 4 is 11.8 Å². The van der Waals surface area contributed by atoms with Crippen molar-refractivity contribution in [3.63, 3.8) is 0 Å². The van der Waals surface area contributed by atoms with Crippen molar-refractivity contribution in [3.8, 4) is 0 Å². The largest absolute Gasteiger partial charge is 0.479 e. The van der Waals surface area contributed by atoms with Crippen LogP contribution in [0.5, 0.6) is 0 Å². The van der Waals surface area contributed by atoms with Crippen LogP contribution in [0.4, 0.5) is 0 Å². The van der Waals surface area contributed by atoms with Gasteiger partial charge >= 0.3 is 5.97 Å². The van der Waals surface area contributed by atoms with Crippen LogP contribution in [0.3, 0.4) is 0 Å². The quantitative estimate of drug-likeness (QED) is 0.427. The van der Waals surface area contributed by atoms with Crippen molar-refractivity contribution in [1.29, 1.82) is 0 Å². The number of aliphatic hydroxyl groups is 1. The van der Waals surface area contributed by atoms with E-state index in [-0.39, 0.29) is 12.2 Å². The minimum absolute atomic E-state index is 0.0175. The Bertz CT molecular complexity index is 587. The Kier molecular flexibility index (Phi) is 9.18. The fraction of sp³-hybridized carbons (Fsp3) is 0.571. The Morgan fingerprint density at radius 3 is 2.68 bits per heavy atom. The van der Waals surface area contributed by atoms with Gasteiger partial charge in [-0.2, -0.15) is 0 Å². The van der Waals surface area contributed by atoms with Crippen molar-refractivity contribution in [2.45, 2.75) is 77.2 Å². The summed E-state index contributed by atoms with van der Waals surface area (Å²) in [6, 6.07) is 0. The highest BCUT2D eigenvalue weighted by atomic mass is 16.4. The molecular weight excluding hydrogens is 316 g/mol. The van der Waals surface area contributed by atoms with Gasteiger partial charge in [0.15, 0.2) is 11.4 Å². The van der Waals surface area contributed by atoms with Crippen molar-refractivity contribution in [2.75, 3.05) is 0 Å². The smallest absolute Gasteiger partial charge is 0.335 e. The molecule has 4 nitrogen and oxygen atoms in total. The molecule has 1 unspecified atom stereocenters. The zero-order valence-corrected chi connectivity index (χ0v) is 15.4. The minimum Gasteiger partial charge on any atom is -0.479 e. The van der Waals surface area contributed by atoms with Gasteiger partial charge in [-0.1, -0.05) is 38.3 Å². The van der Waals surface area contributed by atoms with Gasteiger partial charge in [0.05, 0.1) is 0 Å². The maximum absolute atomic E-state index is 12.0. The zero-order chi connectivity index (χ0) is 18.7. The highest BCUT2D eigenvalue weighted by molar-refractivity contribution is 5.99. The molecule has 1 rings (SSSR count). The van der Waals surface area contributed by atoms with Crippen LogP contribution in [0.2, 0.25) is 0 Å². The molecule has 138 valence electrons. The van der Waals surface area contributed by atoms with Crippen LogP contribution in [-0.2, 0) is 9.59 Å². The molecule has 1 aliphatic rings. The average molecular weight is 346 g/mol. The number of carboxylic acids is 1. The van der Waals surface area contributed by atoms with Gasteiger partial charge < -0.3 is 10.2 Å². The summed E-state index contributed by atoms with van der Waals surface area (Å²) < 4.78 is 0. The van der Waals surface area contributed by atoms with Gasteiger partial charge in [-0.05, 0) is 43.9 Å². The number of rotatable bonds is 11. The summed E-state index contributed by atoms with van der Waals surface area (Å²) in [5, 5.41) is 18.4. The number of hydrogen-bond donors (Lipinski definition) is 2. The summed E-state index contributed by atoms with van der Waals surface area (Å²) in [7, 11) is 0. The second kappa shape index (κ2) is 10.9. The first-order valence-electron chi connectivity index (χ1n) is 9.15. The topological polar surface area (TPSA) is 74.6 Å². The van der Waals surface area contributed by atoms with Crippen LogP contribution in [-0.4, -0.2) is 27.6 Å². The second-order valence-electron chi connectivity index (χ2n) is 6.74.